The molecule has 1 aliphatic heterocycles. The number of sulfonamides is 1. The van der Waals surface area contributed by atoms with E-state index in [-0.39, 0.29) is 23.8 Å². The van der Waals surface area contributed by atoms with Crippen LogP contribution in [0.2, 0.25) is 0 Å². The summed E-state index contributed by atoms with van der Waals surface area (Å²) in [6.45, 7) is 1.56. The number of hydrogen-bond acceptors (Lipinski definition) is 3. The first kappa shape index (κ1) is 15.9. The van der Waals surface area contributed by atoms with E-state index in [0.717, 1.165) is 44.5 Å². The molecule has 1 fully saturated rings. The van der Waals surface area contributed by atoms with Gasteiger partial charge < -0.3 is 4.90 Å². The first-order valence-corrected chi connectivity index (χ1v) is 8.50. The van der Waals surface area contributed by atoms with E-state index < -0.39 is 15.8 Å². The topological polar surface area (TPSA) is 66.5 Å². The molecule has 116 valence electrons. The molecule has 0 unspecified atom stereocenters. The maximum Gasteiger partial charge on any atom is 0.240 e. The van der Waals surface area contributed by atoms with Gasteiger partial charge in [-0.05, 0) is 43.5 Å². The number of rotatable bonds is 5. The zero-order valence-corrected chi connectivity index (χ0v) is 12.5. The molecule has 0 aliphatic carbocycles. The second-order valence-electron chi connectivity index (χ2n) is 5.04. The first-order chi connectivity index (χ1) is 9.99. The highest BCUT2D eigenvalue weighted by atomic mass is 32.2. The molecular weight excluding hydrogens is 295 g/mol. The van der Waals surface area contributed by atoms with Crippen LogP contribution in [0.3, 0.4) is 0 Å². The van der Waals surface area contributed by atoms with Crippen LogP contribution < -0.4 is 4.72 Å². The number of benzene rings is 1. The Labute approximate surface area is 124 Å². The predicted octanol–water partition coefficient (Wildman–Crippen LogP) is 1.51. The van der Waals surface area contributed by atoms with Crippen LogP contribution in [0.4, 0.5) is 4.39 Å². The van der Waals surface area contributed by atoms with Crippen LogP contribution >= 0.6 is 0 Å². The van der Waals surface area contributed by atoms with Gasteiger partial charge >= 0.3 is 0 Å². The summed E-state index contributed by atoms with van der Waals surface area (Å²) >= 11 is 0. The van der Waals surface area contributed by atoms with Crippen LogP contribution in [-0.2, 0) is 14.8 Å². The number of nitrogens with zero attached hydrogens (tertiary/aromatic N) is 1. The van der Waals surface area contributed by atoms with E-state index >= 15 is 0 Å². The largest absolute Gasteiger partial charge is 0.343 e. The highest BCUT2D eigenvalue weighted by molar-refractivity contribution is 7.89. The van der Waals surface area contributed by atoms with Crippen molar-refractivity contribution in [3.05, 3.63) is 30.1 Å². The van der Waals surface area contributed by atoms with Crippen molar-refractivity contribution in [1.82, 2.24) is 9.62 Å². The molecule has 0 spiro atoms. The first-order valence-electron chi connectivity index (χ1n) is 7.02. The van der Waals surface area contributed by atoms with Gasteiger partial charge in [-0.2, -0.15) is 0 Å². The molecule has 0 bridgehead atoms. The van der Waals surface area contributed by atoms with Gasteiger partial charge in [-0.3, -0.25) is 4.79 Å². The fourth-order valence-electron chi connectivity index (χ4n) is 2.29. The third-order valence-electron chi connectivity index (χ3n) is 3.46. The Morgan fingerprint density at radius 2 is 1.76 bits per heavy atom. The monoisotopic (exact) mass is 314 g/mol. The SMILES string of the molecule is O=C(CCNS(=O)(=O)c1ccc(F)cc1)N1CCCCC1. The van der Waals surface area contributed by atoms with Crippen LogP contribution in [0.1, 0.15) is 25.7 Å². The number of nitrogens with one attached hydrogen (secondary N) is 1. The fraction of sp³-hybridized carbons (Fsp3) is 0.500. The average molecular weight is 314 g/mol. The lowest BCUT2D eigenvalue weighted by Gasteiger charge is -2.26. The van der Waals surface area contributed by atoms with Crippen molar-refractivity contribution in [2.75, 3.05) is 19.6 Å². The van der Waals surface area contributed by atoms with E-state index in [0.29, 0.717) is 0 Å². The summed E-state index contributed by atoms with van der Waals surface area (Å²) in [5.41, 5.74) is 0. The molecule has 21 heavy (non-hydrogen) atoms. The van der Waals surface area contributed by atoms with Crippen molar-refractivity contribution in [2.45, 2.75) is 30.6 Å². The summed E-state index contributed by atoms with van der Waals surface area (Å²) in [5, 5.41) is 0. The summed E-state index contributed by atoms with van der Waals surface area (Å²) in [4.78, 5) is 13.7. The van der Waals surface area contributed by atoms with Gasteiger partial charge in [0, 0.05) is 26.1 Å². The number of amides is 1. The molecule has 1 heterocycles. The van der Waals surface area contributed by atoms with Gasteiger partial charge in [0.25, 0.3) is 0 Å². The third kappa shape index (κ3) is 4.50. The molecule has 1 aromatic carbocycles. The second kappa shape index (κ2) is 7.00. The number of piperidine rings is 1. The lowest BCUT2D eigenvalue weighted by molar-refractivity contribution is -0.131. The van der Waals surface area contributed by atoms with Crippen molar-refractivity contribution >= 4 is 15.9 Å². The lowest BCUT2D eigenvalue weighted by atomic mass is 10.1. The molecule has 0 atom stereocenters. The van der Waals surface area contributed by atoms with Gasteiger partial charge in [0.15, 0.2) is 0 Å². The van der Waals surface area contributed by atoms with E-state index in [2.05, 4.69) is 4.72 Å². The Bertz CT molecular complexity index is 581. The van der Waals surface area contributed by atoms with Gasteiger partial charge in [-0.25, -0.2) is 17.5 Å². The molecule has 2 rings (SSSR count). The van der Waals surface area contributed by atoms with E-state index in [9.17, 15) is 17.6 Å². The summed E-state index contributed by atoms with van der Waals surface area (Å²) in [6, 6.07) is 4.58. The smallest absolute Gasteiger partial charge is 0.240 e. The highest BCUT2D eigenvalue weighted by Gasteiger charge is 2.18. The fourth-order valence-corrected chi connectivity index (χ4v) is 3.32. The molecule has 1 saturated heterocycles. The molecular formula is C14H19FN2O3S. The molecule has 7 heteroatoms. The third-order valence-corrected chi connectivity index (χ3v) is 4.94. The summed E-state index contributed by atoms with van der Waals surface area (Å²) in [5.74, 6) is -0.522. The maximum absolute atomic E-state index is 12.8. The Morgan fingerprint density at radius 3 is 2.38 bits per heavy atom. The summed E-state index contributed by atoms with van der Waals surface area (Å²) < 4.78 is 39.0. The number of hydrogen-bond donors (Lipinski definition) is 1. The molecule has 1 aliphatic rings. The predicted molar refractivity (Wildman–Crippen MR) is 76.6 cm³/mol. The van der Waals surface area contributed by atoms with Crippen LogP contribution in [0.5, 0.6) is 0 Å². The zero-order chi connectivity index (χ0) is 15.3. The van der Waals surface area contributed by atoms with Gasteiger partial charge in [-0.1, -0.05) is 0 Å². The second-order valence-corrected chi connectivity index (χ2v) is 6.81. The van der Waals surface area contributed by atoms with E-state index in [4.69, 9.17) is 0 Å². The Balaban J connectivity index is 1.84. The van der Waals surface area contributed by atoms with E-state index in [1.54, 1.807) is 4.90 Å². The van der Waals surface area contributed by atoms with Crippen molar-refractivity contribution in [2.24, 2.45) is 0 Å². The quantitative estimate of drug-likeness (QED) is 0.896. The minimum atomic E-state index is -3.69. The van der Waals surface area contributed by atoms with Crippen molar-refractivity contribution in [1.29, 1.82) is 0 Å². The lowest BCUT2D eigenvalue weighted by Crippen LogP contribution is -2.37. The maximum atomic E-state index is 12.8. The van der Waals surface area contributed by atoms with Crippen LogP contribution in [0.15, 0.2) is 29.2 Å². The normalized spacial score (nSPS) is 16.0. The standard InChI is InChI=1S/C14H19FN2O3S/c15-12-4-6-13(7-5-12)21(19,20)16-9-8-14(18)17-10-2-1-3-11-17/h4-7,16H,1-3,8-11H2. The Kier molecular flexibility index (Phi) is 5.30. The van der Waals surface area contributed by atoms with E-state index in [1.165, 1.54) is 12.1 Å². The summed E-state index contributed by atoms with van der Waals surface area (Å²) in [7, 11) is -3.69. The van der Waals surface area contributed by atoms with Gasteiger partial charge in [0.1, 0.15) is 5.82 Å². The van der Waals surface area contributed by atoms with Crippen molar-refractivity contribution < 1.29 is 17.6 Å². The van der Waals surface area contributed by atoms with Gasteiger partial charge in [0.05, 0.1) is 4.90 Å². The van der Waals surface area contributed by atoms with Crippen LogP contribution in [0, 0.1) is 5.82 Å². The number of carbonyl (C=O) groups excluding carboxylic acids is 1. The van der Waals surface area contributed by atoms with Gasteiger partial charge in [-0.15, -0.1) is 0 Å². The van der Waals surface area contributed by atoms with Gasteiger partial charge in [0.2, 0.25) is 15.9 Å². The van der Waals surface area contributed by atoms with Crippen molar-refractivity contribution in [3.63, 3.8) is 0 Å². The molecule has 5 nitrogen and oxygen atoms in total. The van der Waals surface area contributed by atoms with Crippen LogP contribution in [-0.4, -0.2) is 38.9 Å². The molecule has 0 aromatic heterocycles. The number of halogens is 1. The molecule has 0 radical (unpaired) electrons. The number of likely N-dealkylation sites (tertiary alicyclic amines) is 1. The summed E-state index contributed by atoms with van der Waals surface area (Å²) in [6.07, 6.45) is 3.29. The Morgan fingerprint density at radius 1 is 1.14 bits per heavy atom. The van der Waals surface area contributed by atoms with Crippen LogP contribution in [0.25, 0.3) is 0 Å². The average Bonchev–Trinajstić information content (AvgIpc) is 2.48. The Hall–Kier alpha value is -1.47. The van der Waals surface area contributed by atoms with Crippen molar-refractivity contribution in [3.8, 4) is 0 Å². The molecule has 1 N–H and O–H groups in total. The highest BCUT2D eigenvalue weighted by Crippen LogP contribution is 2.11. The van der Waals surface area contributed by atoms with E-state index in [1.807, 2.05) is 0 Å². The molecule has 1 aromatic rings. The molecule has 1 amide bonds. The zero-order valence-electron chi connectivity index (χ0n) is 11.7. The number of carbonyl (C=O) groups is 1. The molecule has 0 saturated carbocycles. The minimum absolute atomic E-state index is 0.00526. The minimum Gasteiger partial charge on any atom is -0.343 e.